The lowest BCUT2D eigenvalue weighted by Gasteiger charge is -2.31. The van der Waals surface area contributed by atoms with E-state index in [-0.39, 0.29) is 23.8 Å². The summed E-state index contributed by atoms with van der Waals surface area (Å²) in [5, 5.41) is 2.86. The maximum absolute atomic E-state index is 13.1. The van der Waals surface area contributed by atoms with Gasteiger partial charge in [-0.15, -0.1) is 11.3 Å². The maximum Gasteiger partial charge on any atom is 0.273 e. The number of thiazole rings is 1. The summed E-state index contributed by atoms with van der Waals surface area (Å²) in [6.45, 7) is 8.56. The molecule has 0 radical (unpaired) electrons. The lowest BCUT2D eigenvalue weighted by molar-refractivity contribution is 0.0712. The van der Waals surface area contributed by atoms with E-state index >= 15 is 0 Å². The van der Waals surface area contributed by atoms with Crippen LogP contribution in [0.25, 0.3) is 0 Å². The fourth-order valence-electron chi connectivity index (χ4n) is 4.39. The minimum absolute atomic E-state index is 0.0339. The van der Waals surface area contributed by atoms with Gasteiger partial charge in [0.25, 0.3) is 11.8 Å². The van der Waals surface area contributed by atoms with Crippen molar-refractivity contribution >= 4 is 23.2 Å². The first-order valence-electron chi connectivity index (χ1n) is 12.6. The maximum atomic E-state index is 13.1. The SMILES string of the molecule is CCN(CCc1ccccn1)C(=O)c1csc(C2CCN(C(=O)c3ccc(OC(C)C)cc3)CC2)n1. The molecule has 2 amide bonds. The Hall–Kier alpha value is -3.26. The quantitative estimate of drug-likeness (QED) is 0.406. The second-order valence-electron chi connectivity index (χ2n) is 9.28. The van der Waals surface area contributed by atoms with Gasteiger partial charge in [-0.1, -0.05) is 6.07 Å². The number of rotatable bonds is 9. The molecule has 0 aliphatic carbocycles. The Bertz CT molecular complexity index is 1140. The molecule has 0 spiro atoms. The first-order chi connectivity index (χ1) is 17.4. The van der Waals surface area contributed by atoms with Crippen LogP contribution in [0.2, 0.25) is 0 Å². The van der Waals surface area contributed by atoms with Crippen LogP contribution in [0.4, 0.5) is 0 Å². The number of pyridine rings is 1. The van der Waals surface area contributed by atoms with E-state index in [2.05, 4.69) is 4.98 Å². The topological polar surface area (TPSA) is 75.6 Å². The predicted octanol–water partition coefficient (Wildman–Crippen LogP) is 5.05. The van der Waals surface area contributed by atoms with Crippen LogP contribution in [-0.2, 0) is 6.42 Å². The monoisotopic (exact) mass is 506 g/mol. The van der Waals surface area contributed by atoms with E-state index in [1.807, 2.05) is 78.4 Å². The Balaban J connectivity index is 1.30. The van der Waals surface area contributed by atoms with Crippen LogP contribution in [0.15, 0.2) is 54.0 Å². The number of likely N-dealkylation sites (N-methyl/N-ethyl adjacent to an activating group) is 1. The minimum atomic E-state index is -0.0339. The molecule has 0 bridgehead atoms. The number of aromatic nitrogens is 2. The van der Waals surface area contributed by atoms with Crippen molar-refractivity contribution in [3.05, 3.63) is 76.0 Å². The lowest BCUT2D eigenvalue weighted by Crippen LogP contribution is -2.38. The van der Waals surface area contributed by atoms with E-state index in [0.717, 1.165) is 35.7 Å². The summed E-state index contributed by atoms with van der Waals surface area (Å²) < 4.78 is 5.67. The Kier molecular flexibility index (Phi) is 8.70. The van der Waals surface area contributed by atoms with Crippen LogP contribution in [0.1, 0.15) is 71.1 Å². The van der Waals surface area contributed by atoms with E-state index < -0.39 is 0 Å². The van der Waals surface area contributed by atoms with Crippen LogP contribution in [0.5, 0.6) is 5.75 Å². The van der Waals surface area contributed by atoms with Gasteiger partial charge in [0, 0.05) is 61.4 Å². The molecule has 1 aliphatic heterocycles. The number of carbonyl (C=O) groups is 2. The van der Waals surface area contributed by atoms with E-state index in [9.17, 15) is 9.59 Å². The van der Waals surface area contributed by atoms with E-state index in [4.69, 9.17) is 9.72 Å². The highest BCUT2D eigenvalue weighted by Gasteiger charge is 2.27. The largest absolute Gasteiger partial charge is 0.491 e. The Morgan fingerprint density at radius 1 is 1.14 bits per heavy atom. The lowest BCUT2D eigenvalue weighted by atomic mass is 9.97. The molecule has 1 aromatic carbocycles. The average molecular weight is 507 g/mol. The van der Waals surface area contributed by atoms with Gasteiger partial charge in [-0.05, 0) is 70.0 Å². The second kappa shape index (κ2) is 12.1. The third kappa shape index (κ3) is 6.49. The van der Waals surface area contributed by atoms with Crippen molar-refractivity contribution < 1.29 is 14.3 Å². The molecule has 0 unspecified atom stereocenters. The standard InChI is InChI=1S/C28H34N4O3S/c1-4-31(18-14-23-7-5-6-15-29-23)28(34)25-19-36-26(30-25)21-12-16-32(17-13-21)27(33)22-8-10-24(11-9-22)35-20(2)3/h5-11,15,19-21H,4,12-14,16-18H2,1-3H3. The molecule has 3 heterocycles. The summed E-state index contributed by atoms with van der Waals surface area (Å²) in [7, 11) is 0. The zero-order valence-electron chi connectivity index (χ0n) is 21.2. The molecule has 4 rings (SSSR count). The van der Waals surface area contributed by atoms with Crippen molar-refractivity contribution in [2.75, 3.05) is 26.2 Å². The zero-order valence-corrected chi connectivity index (χ0v) is 22.0. The molecule has 0 saturated carbocycles. The van der Waals surface area contributed by atoms with Crippen molar-refractivity contribution in [2.45, 2.75) is 52.1 Å². The van der Waals surface area contributed by atoms with Gasteiger partial charge in [0.1, 0.15) is 11.4 Å². The summed E-state index contributed by atoms with van der Waals surface area (Å²) in [5.74, 6) is 1.05. The minimum Gasteiger partial charge on any atom is -0.491 e. The molecule has 0 atom stereocenters. The van der Waals surface area contributed by atoms with Crippen molar-refractivity contribution in [2.24, 2.45) is 0 Å². The van der Waals surface area contributed by atoms with Gasteiger partial charge in [0.15, 0.2) is 0 Å². The molecule has 0 N–H and O–H groups in total. The molecule has 3 aromatic rings. The van der Waals surface area contributed by atoms with Gasteiger partial charge < -0.3 is 14.5 Å². The van der Waals surface area contributed by atoms with Crippen molar-refractivity contribution in [1.29, 1.82) is 0 Å². The molecular formula is C28H34N4O3S. The van der Waals surface area contributed by atoms with Crippen LogP contribution < -0.4 is 4.74 Å². The summed E-state index contributed by atoms with van der Waals surface area (Å²) in [6.07, 6.45) is 4.29. The molecule has 7 nitrogen and oxygen atoms in total. The Morgan fingerprint density at radius 2 is 1.89 bits per heavy atom. The highest BCUT2D eigenvalue weighted by atomic mass is 32.1. The highest BCUT2D eigenvalue weighted by molar-refractivity contribution is 7.09. The highest BCUT2D eigenvalue weighted by Crippen LogP contribution is 2.31. The number of piperidine rings is 1. The van der Waals surface area contributed by atoms with Gasteiger partial charge in [-0.3, -0.25) is 14.6 Å². The van der Waals surface area contributed by atoms with E-state index in [0.29, 0.717) is 37.4 Å². The molecule has 2 aromatic heterocycles. The molecule has 1 saturated heterocycles. The number of benzene rings is 1. The number of nitrogens with zero attached hydrogens (tertiary/aromatic N) is 4. The number of hydrogen-bond acceptors (Lipinski definition) is 6. The Labute approximate surface area is 217 Å². The molecule has 8 heteroatoms. The summed E-state index contributed by atoms with van der Waals surface area (Å²) in [5.41, 5.74) is 2.17. The van der Waals surface area contributed by atoms with Crippen LogP contribution in [-0.4, -0.2) is 63.9 Å². The second-order valence-corrected chi connectivity index (χ2v) is 10.2. The summed E-state index contributed by atoms with van der Waals surface area (Å²) in [6, 6.07) is 13.2. The molecule has 190 valence electrons. The molecule has 36 heavy (non-hydrogen) atoms. The summed E-state index contributed by atoms with van der Waals surface area (Å²) >= 11 is 1.55. The van der Waals surface area contributed by atoms with Crippen LogP contribution in [0.3, 0.4) is 0 Å². The van der Waals surface area contributed by atoms with Crippen LogP contribution >= 0.6 is 11.3 Å². The van der Waals surface area contributed by atoms with Gasteiger partial charge in [0.05, 0.1) is 11.1 Å². The first kappa shape index (κ1) is 25.8. The summed E-state index contributed by atoms with van der Waals surface area (Å²) in [4.78, 5) is 38.8. The number of hydrogen-bond donors (Lipinski definition) is 0. The Morgan fingerprint density at radius 3 is 2.53 bits per heavy atom. The normalized spacial score (nSPS) is 14.2. The van der Waals surface area contributed by atoms with Crippen LogP contribution in [0, 0.1) is 0 Å². The smallest absolute Gasteiger partial charge is 0.273 e. The third-order valence-electron chi connectivity index (χ3n) is 6.38. The molecule has 1 fully saturated rings. The molecule has 1 aliphatic rings. The fourth-order valence-corrected chi connectivity index (χ4v) is 5.36. The van der Waals surface area contributed by atoms with E-state index in [1.165, 1.54) is 0 Å². The fraction of sp³-hybridized carbons (Fsp3) is 0.429. The zero-order chi connectivity index (χ0) is 25.5. The number of likely N-dealkylation sites (tertiary alicyclic amines) is 1. The van der Waals surface area contributed by atoms with Crippen molar-refractivity contribution in [3.8, 4) is 5.75 Å². The van der Waals surface area contributed by atoms with Crippen molar-refractivity contribution in [3.63, 3.8) is 0 Å². The predicted molar refractivity (Wildman–Crippen MR) is 142 cm³/mol. The van der Waals surface area contributed by atoms with Gasteiger partial charge in [0.2, 0.25) is 0 Å². The first-order valence-corrected chi connectivity index (χ1v) is 13.5. The average Bonchev–Trinajstić information content (AvgIpc) is 3.40. The number of carbonyl (C=O) groups excluding carboxylic acids is 2. The van der Waals surface area contributed by atoms with Gasteiger partial charge in [-0.25, -0.2) is 4.98 Å². The number of amides is 2. The van der Waals surface area contributed by atoms with Gasteiger partial charge >= 0.3 is 0 Å². The van der Waals surface area contributed by atoms with E-state index in [1.54, 1.807) is 17.5 Å². The third-order valence-corrected chi connectivity index (χ3v) is 7.39. The molecular weight excluding hydrogens is 472 g/mol. The van der Waals surface area contributed by atoms with Crippen molar-refractivity contribution in [1.82, 2.24) is 19.8 Å². The van der Waals surface area contributed by atoms with Gasteiger partial charge in [-0.2, -0.15) is 0 Å². The number of ether oxygens (including phenoxy) is 1.